The van der Waals surface area contributed by atoms with Gasteiger partial charge in [-0.2, -0.15) is 10.2 Å². The number of carbonyl (C=O) groups is 1. The number of urea groups is 1. The maximum Gasteiger partial charge on any atom is 0.326 e. The van der Waals surface area contributed by atoms with Crippen LogP contribution in [0.3, 0.4) is 0 Å². The number of para-hydroxylation sites is 2. The summed E-state index contributed by atoms with van der Waals surface area (Å²) in [7, 11) is 0. The monoisotopic (exact) mass is 346 g/mol. The SMILES string of the molecule is O=C(Nc1cnn(-c2ccccc2)n1)Nc1cnn(-c2ccccc2)n1. The second-order valence-electron chi connectivity index (χ2n) is 5.29. The molecule has 0 bridgehead atoms. The van der Waals surface area contributed by atoms with Crippen molar-refractivity contribution < 1.29 is 4.79 Å². The first kappa shape index (κ1) is 15.5. The van der Waals surface area contributed by atoms with Gasteiger partial charge in [-0.25, -0.2) is 4.79 Å². The van der Waals surface area contributed by atoms with Gasteiger partial charge in [-0.05, 0) is 24.3 Å². The summed E-state index contributed by atoms with van der Waals surface area (Å²) in [5, 5.41) is 21.9. The van der Waals surface area contributed by atoms with E-state index in [0.29, 0.717) is 11.6 Å². The second kappa shape index (κ2) is 6.85. The van der Waals surface area contributed by atoms with Crippen LogP contribution in [0.5, 0.6) is 0 Å². The summed E-state index contributed by atoms with van der Waals surface area (Å²) in [6.07, 6.45) is 2.93. The predicted octanol–water partition coefficient (Wildman–Crippen LogP) is 2.49. The first-order chi connectivity index (χ1) is 12.8. The van der Waals surface area contributed by atoms with Gasteiger partial charge in [0.05, 0.1) is 23.8 Å². The van der Waals surface area contributed by atoms with E-state index in [1.807, 2.05) is 60.7 Å². The molecule has 128 valence electrons. The number of amides is 2. The van der Waals surface area contributed by atoms with Crippen LogP contribution in [0.4, 0.5) is 16.4 Å². The van der Waals surface area contributed by atoms with Crippen molar-refractivity contribution in [2.75, 3.05) is 10.6 Å². The zero-order valence-electron chi connectivity index (χ0n) is 13.5. The topological polar surface area (TPSA) is 103 Å². The van der Waals surface area contributed by atoms with E-state index in [9.17, 15) is 4.79 Å². The van der Waals surface area contributed by atoms with Crippen molar-refractivity contribution in [2.45, 2.75) is 0 Å². The highest BCUT2D eigenvalue weighted by molar-refractivity contribution is 5.98. The lowest BCUT2D eigenvalue weighted by Crippen LogP contribution is -2.20. The number of hydrogen-bond donors (Lipinski definition) is 2. The fourth-order valence-electron chi connectivity index (χ4n) is 2.28. The van der Waals surface area contributed by atoms with Gasteiger partial charge < -0.3 is 0 Å². The van der Waals surface area contributed by atoms with Gasteiger partial charge >= 0.3 is 6.03 Å². The van der Waals surface area contributed by atoms with Crippen molar-refractivity contribution in [1.29, 1.82) is 0 Å². The summed E-state index contributed by atoms with van der Waals surface area (Å²) in [5.74, 6) is 0.642. The van der Waals surface area contributed by atoms with Crippen LogP contribution in [0.1, 0.15) is 0 Å². The molecule has 4 rings (SSSR count). The third kappa shape index (κ3) is 3.41. The predicted molar refractivity (Wildman–Crippen MR) is 95.4 cm³/mol. The van der Waals surface area contributed by atoms with Gasteiger partial charge in [-0.3, -0.25) is 10.6 Å². The van der Waals surface area contributed by atoms with Crippen LogP contribution in [0.2, 0.25) is 0 Å². The number of hydrogen-bond acceptors (Lipinski definition) is 5. The van der Waals surface area contributed by atoms with Crippen LogP contribution >= 0.6 is 0 Å². The molecule has 0 spiro atoms. The largest absolute Gasteiger partial charge is 0.326 e. The summed E-state index contributed by atoms with van der Waals surface area (Å²) in [6, 6.07) is 18.3. The van der Waals surface area contributed by atoms with E-state index in [0.717, 1.165) is 11.4 Å². The van der Waals surface area contributed by atoms with Crippen LogP contribution < -0.4 is 10.6 Å². The molecule has 26 heavy (non-hydrogen) atoms. The average Bonchev–Trinajstić information content (AvgIpc) is 3.33. The summed E-state index contributed by atoms with van der Waals surface area (Å²) in [6.45, 7) is 0. The first-order valence-electron chi connectivity index (χ1n) is 7.81. The molecule has 4 aromatic rings. The Kier molecular flexibility index (Phi) is 4.09. The standard InChI is InChI=1S/C17H14N8O/c26-17(20-15-11-18-24(22-15)13-7-3-1-4-8-13)21-16-12-19-25(23-16)14-9-5-2-6-10-14/h1-12H,(H2,20,21,22,23,26). The molecule has 2 N–H and O–H groups in total. The van der Waals surface area contributed by atoms with E-state index in [4.69, 9.17) is 0 Å². The maximum atomic E-state index is 12.1. The van der Waals surface area contributed by atoms with Crippen LogP contribution in [0.15, 0.2) is 73.1 Å². The summed E-state index contributed by atoms with van der Waals surface area (Å²) in [4.78, 5) is 15.0. The number of benzene rings is 2. The molecule has 0 unspecified atom stereocenters. The van der Waals surface area contributed by atoms with Gasteiger partial charge in [0.15, 0.2) is 11.6 Å². The van der Waals surface area contributed by atoms with Gasteiger partial charge in [0, 0.05) is 0 Å². The summed E-state index contributed by atoms with van der Waals surface area (Å²) >= 11 is 0. The Morgan fingerprint density at radius 1 is 0.692 bits per heavy atom. The van der Waals surface area contributed by atoms with Crippen molar-refractivity contribution in [2.24, 2.45) is 0 Å². The van der Waals surface area contributed by atoms with Crippen LogP contribution in [-0.4, -0.2) is 36.0 Å². The third-order valence-electron chi connectivity index (χ3n) is 3.44. The molecule has 0 radical (unpaired) electrons. The highest BCUT2D eigenvalue weighted by Gasteiger charge is 2.09. The molecule has 0 aliphatic carbocycles. The molecule has 2 heterocycles. The maximum absolute atomic E-state index is 12.1. The second-order valence-corrected chi connectivity index (χ2v) is 5.29. The Morgan fingerprint density at radius 3 is 1.54 bits per heavy atom. The first-order valence-corrected chi connectivity index (χ1v) is 7.81. The molecular formula is C17H14N8O. The van der Waals surface area contributed by atoms with E-state index in [1.165, 1.54) is 22.0 Å². The fourth-order valence-corrected chi connectivity index (χ4v) is 2.28. The summed E-state index contributed by atoms with van der Waals surface area (Å²) < 4.78 is 0. The Labute approximate surface area is 148 Å². The van der Waals surface area contributed by atoms with E-state index < -0.39 is 6.03 Å². The van der Waals surface area contributed by atoms with Crippen molar-refractivity contribution in [1.82, 2.24) is 30.0 Å². The van der Waals surface area contributed by atoms with Crippen molar-refractivity contribution >= 4 is 17.7 Å². The normalized spacial score (nSPS) is 10.5. The van der Waals surface area contributed by atoms with Crippen molar-refractivity contribution in [3.8, 4) is 11.4 Å². The zero-order valence-corrected chi connectivity index (χ0v) is 13.5. The Balaban J connectivity index is 1.40. The molecule has 0 aliphatic heterocycles. The third-order valence-corrected chi connectivity index (χ3v) is 3.44. The Hall–Kier alpha value is -4.01. The quantitative estimate of drug-likeness (QED) is 0.591. The number of aromatic nitrogens is 6. The van der Waals surface area contributed by atoms with Gasteiger partial charge in [0.1, 0.15) is 0 Å². The number of nitrogens with one attached hydrogen (secondary N) is 2. The summed E-state index contributed by atoms with van der Waals surface area (Å²) in [5.41, 5.74) is 1.60. The molecule has 0 atom stereocenters. The Morgan fingerprint density at radius 2 is 1.12 bits per heavy atom. The molecular weight excluding hydrogens is 332 g/mol. The van der Waals surface area contributed by atoms with Gasteiger partial charge in [-0.15, -0.1) is 19.8 Å². The molecule has 0 aliphatic rings. The van der Waals surface area contributed by atoms with Crippen LogP contribution in [-0.2, 0) is 0 Å². The van der Waals surface area contributed by atoms with Crippen LogP contribution in [0.25, 0.3) is 11.4 Å². The number of rotatable bonds is 4. The lowest BCUT2D eigenvalue weighted by Gasteiger charge is -2.02. The smallest absolute Gasteiger partial charge is 0.289 e. The molecule has 9 nitrogen and oxygen atoms in total. The van der Waals surface area contributed by atoms with Gasteiger partial charge in [0.25, 0.3) is 0 Å². The average molecular weight is 346 g/mol. The van der Waals surface area contributed by atoms with E-state index in [2.05, 4.69) is 31.0 Å². The van der Waals surface area contributed by atoms with Crippen LogP contribution in [0, 0.1) is 0 Å². The lowest BCUT2D eigenvalue weighted by molar-refractivity contribution is 0.262. The minimum Gasteiger partial charge on any atom is -0.289 e. The zero-order chi connectivity index (χ0) is 17.8. The Bertz CT molecular complexity index is 928. The van der Waals surface area contributed by atoms with Gasteiger partial charge in [0.2, 0.25) is 0 Å². The molecule has 0 saturated carbocycles. The minimum absolute atomic E-state index is 0.321. The van der Waals surface area contributed by atoms with Crippen molar-refractivity contribution in [3.63, 3.8) is 0 Å². The minimum atomic E-state index is -0.481. The highest BCUT2D eigenvalue weighted by Crippen LogP contribution is 2.09. The lowest BCUT2D eigenvalue weighted by atomic mass is 10.3. The fraction of sp³-hybridized carbons (Fsp3) is 0. The number of nitrogens with zero attached hydrogens (tertiary/aromatic N) is 6. The molecule has 2 aromatic heterocycles. The molecule has 2 amide bonds. The molecule has 2 aromatic carbocycles. The molecule has 9 heteroatoms. The van der Waals surface area contributed by atoms with Gasteiger partial charge in [-0.1, -0.05) is 36.4 Å². The van der Waals surface area contributed by atoms with E-state index in [1.54, 1.807) is 0 Å². The van der Waals surface area contributed by atoms with Crippen molar-refractivity contribution in [3.05, 3.63) is 73.1 Å². The number of anilines is 2. The highest BCUT2D eigenvalue weighted by atomic mass is 16.2. The molecule has 0 saturated heterocycles. The number of carbonyl (C=O) groups excluding carboxylic acids is 1. The van der Waals surface area contributed by atoms with E-state index in [-0.39, 0.29) is 0 Å². The van der Waals surface area contributed by atoms with E-state index >= 15 is 0 Å². The molecule has 0 fully saturated rings.